The maximum atomic E-state index is 12.2. The molecule has 1 heterocycles. The lowest BCUT2D eigenvalue weighted by molar-refractivity contribution is 0.0951. The van der Waals surface area contributed by atoms with Gasteiger partial charge in [0.15, 0.2) is 5.58 Å². The molecular formula is C17H16N2O3. The summed E-state index contributed by atoms with van der Waals surface area (Å²) in [5.74, 6) is -0.602. The number of aryl methyl sites for hydroxylation is 2. The Morgan fingerprint density at radius 3 is 2.73 bits per heavy atom. The fraction of sp³-hybridized carbons (Fsp3) is 0.176. The number of amides is 1. The molecule has 0 fully saturated rings. The Balaban J connectivity index is 1.73. The highest BCUT2D eigenvalue weighted by Crippen LogP contribution is 2.13. The van der Waals surface area contributed by atoms with Crippen LogP contribution in [0.4, 0.5) is 0 Å². The van der Waals surface area contributed by atoms with Crippen molar-refractivity contribution in [3.8, 4) is 0 Å². The van der Waals surface area contributed by atoms with Crippen LogP contribution >= 0.6 is 0 Å². The van der Waals surface area contributed by atoms with Crippen LogP contribution in [0.1, 0.15) is 27.0 Å². The number of aromatic amines is 1. The lowest BCUT2D eigenvalue weighted by Gasteiger charge is -2.07. The molecule has 5 heteroatoms. The second-order valence-electron chi connectivity index (χ2n) is 5.33. The molecular weight excluding hydrogens is 280 g/mol. The highest BCUT2D eigenvalue weighted by atomic mass is 16.4. The van der Waals surface area contributed by atoms with Crippen molar-refractivity contribution in [2.75, 3.05) is 0 Å². The van der Waals surface area contributed by atoms with Crippen LogP contribution in [-0.4, -0.2) is 10.9 Å². The number of benzene rings is 2. The molecule has 0 atom stereocenters. The highest BCUT2D eigenvalue weighted by Gasteiger charge is 2.07. The Labute approximate surface area is 127 Å². The van der Waals surface area contributed by atoms with Crippen LogP contribution in [0.15, 0.2) is 45.6 Å². The monoisotopic (exact) mass is 296 g/mol. The molecule has 1 amide bonds. The SMILES string of the molecule is Cc1ccc(C(=O)NCc2ccc3oc(=O)[nH]c3c2)cc1C. The van der Waals surface area contributed by atoms with E-state index in [-0.39, 0.29) is 5.91 Å². The summed E-state index contributed by atoms with van der Waals surface area (Å²) in [5.41, 5.74) is 4.91. The summed E-state index contributed by atoms with van der Waals surface area (Å²) in [6.07, 6.45) is 0. The quantitative estimate of drug-likeness (QED) is 0.780. The van der Waals surface area contributed by atoms with E-state index in [1.807, 2.05) is 38.1 Å². The minimum atomic E-state index is -0.480. The molecule has 5 nitrogen and oxygen atoms in total. The number of carbonyl (C=O) groups is 1. The molecule has 0 spiro atoms. The second kappa shape index (κ2) is 5.52. The number of nitrogens with one attached hydrogen (secondary N) is 2. The van der Waals surface area contributed by atoms with Crippen LogP contribution in [0.25, 0.3) is 11.1 Å². The van der Waals surface area contributed by atoms with Gasteiger partial charge in [0.1, 0.15) is 0 Å². The van der Waals surface area contributed by atoms with Gasteiger partial charge in [-0.15, -0.1) is 0 Å². The molecule has 0 aliphatic carbocycles. The maximum absolute atomic E-state index is 12.2. The topological polar surface area (TPSA) is 75.1 Å². The summed E-state index contributed by atoms with van der Waals surface area (Å²) in [6, 6.07) is 11.0. The van der Waals surface area contributed by atoms with Crippen molar-refractivity contribution >= 4 is 17.0 Å². The minimum Gasteiger partial charge on any atom is -0.408 e. The number of fused-ring (bicyclic) bond motifs is 1. The van der Waals surface area contributed by atoms with E-state index >= 15 is 0 Å². The standard InChI is InChI=1S/C17H16N2O3/c1-10-3-5-13(7-11(10)2)16(20)18-9-12-4-6-15-14(8-12)19-17(21)22-15/h3-8H,9H2,1-2H3,(H,18,20)(H,19,21). The van der Waals surface area contributed by atoms with Crippen molar-refractivity contribution in [3.63, 3.8) is 0 Å². The molecule has 0 saturated heterocycles. The van der Waals surface area contributed by atoms with Gasteiger partial charge >= 0.3 is 5.76 Å². The first-order valence-corrected chi connectivity index (χ1v) is 7.00. The van der Waals surface area contributed by atoms with Crippen molar-refractivity contribution in [1.29, 1.82) is 0 Å². The van der Waals surface area contributed by atoms with Gasteiger partial charge in [-0.25, -0.2) is 4.79 Å². The molecule has 1 aromatic heterocycles. The third-order valence-corrected chi connectivity index (χ3v) is 3.71. The third-order valence-electron chi connectivity index (χ3n) is 3.71. The predicted octanol–water partition coefficient (Wildman–Crippen LogP) is 2.67. The summed E-state index contributed by atoms with van der Waals surface area (Å²) >= 11 is 0. The smallest absolute Gasteiger partial charge is 0.408 e. The van der Waals surface area contributed by atoms with E-state index in [1.54, 1.807) is 12.1 Å². The van der Waals surface area contributed by atoms with Gasteiger partial charge < -0.3 is 9.73 Å². The normalized spacial score (nSPS) is 10.8. The van der Waals surface area contributed by atoms with Gasteiger partial charge in [-0.1, -0.05) is 12.1 Å². The Morgan fingerprint density at radius 1 is 1.14 bits per heavy atom. The van der Waals surface area contributed by atoms with E-state index in [2.05, 4.69) is 10.3 Å². The highest BCUT2D eigenvalue weighted by molar-refractivity contribution is 5.94. The van der Waals surface area contributed by atoms with Gasteiger partial charge in [-0.3, -0.25) is 9.78 Å². The fourth-order valence-corrected chi connectivity index (χ4v) is 2.28. The van der Waals surface area contributed by atoms with Crippen molar-refractivity contribution in [1.82, 2.24) is 10.3 Å². The molecule has 2 N–H and O–H groups in total. The average Bonchev–Trinajstić information content (AvgIpc) is 2.86. The molecule has 0 unspecified atom stereocenters. The largest absolute Gasteiger partial charge is 0.417 e. The summed E-state index contributed by atoms with van der Waals surface area (Å²) in [7, 11) is 0. The number of hydrogen-bond donors (Lipinski definition) is 2. The maximum Gasteiger partial charge on any atom is 0.417 e. The molecule has 0 radical (unpaired) electrons. The van der Waals surface area contributed by atoms with Crippen molar-refractivity contribution < 1.29 is 9.21 Å². The molecule has 2 aromatic carbocycles. The van der Waals surface area contributed by atoms with Gasteiger partial charge in [0.25, 0.3) is 5.91 Å². The first kappa shape index (κ1) is 14.1. The van der Waals surface area contributed by atoms with Gasteiger partial charge in [0.05, 0.1) is 5.52 Å². The van der Waals surface area contributed by atoms with Gasteiger partial charge in [-0.2, -0.15) is 0 Å². The number of oxazole rings is 1. The first-order chi connectivity index (χ1) is 10.5. The first-order valence-electron chi connectivity index (χ1n) is 7.00. The zero-order valence-corrected chi connectivity index (χ0v) is 12.4. The number of hydrogen-bond acceptors (Lipinski definition) is 3. The van der Waals surface area contributed by atoms with Crippen LogP contribution in [0.5, 0.6) is 0 Å². The predicted molar refractivity (Wildman–Crippen MR) is 83.9 cm³/mol. The second-order valence-corrected chi connectivity index (χ2v) is 5.33. The number of H-pyrrole nitrogens is 1. The van der Waals surface area contributed by atoms with Gasteiger partial charge in [0.2, 0.25) is 0 Å². The van der Waals surface area contributed by atoms with E-state index in [0.29, 0.717) is 23.2 Å². The molecule has 0 aliphatic heterocycles. The van der Waals surface area contributed by atoms with Gasteiger partial charge in [-0.05, 0) is 54.8 Å². The average molecular weight is 296 g/mol. The lowest BCUT2D eigenvalue weighted by Crippen LogP contribution is -2.22. The van der Waals surface area contributed by atoms with Crippen LogP contribution < -0.4 is 11.1 Å². The molecule has 0 saturated carbocycles. The minimum absolute atomic E-state index is 0.121. The summed E-state index contributed by atoms with van der Waals surface area (Å²) < 4.78 is 4.94. The van der Waals surface area contributed by atoms with E-state index in [0.717, 1.165) is 16.7 Å². The summed E-state index contributed by atoms with van der Waals surface area (Å²) in [5, 5.41) is 2.87. The Morgan fingerprint density at radius 2 is 1.95 bits per heavy atom. The molecule has 0 aliphatic rings. The van der Waals surface area contributed by atoms with Crippen LogP contribution in [0.2, 0.25) is 0 Å². The van der Waals surface area contributed by atoms with E-state index < -0.39 is 5.76 Å². The zero-order chi connectivity index (χ0) is 15.7. The Kier molecular flexibility index (Phi) is 3.55. The number of aromatic nitrogens is 1. The summed E-state index contributed by atoms with van der Waals surface area (Å²) in [6.45, 7) is 4.38. The zero-order valence-electron chi connectivity index (χ0n) is 12.4. The van der Waals surface area contributed by atoms with Crippen molar-refractivity contribution in [2.45, 2.75) is 20.4 Å². The van der Waals surface area contributed by atoms with E-state index in [4.69, 9.17) is 4.42 Å². The van der Waals surface area contributed by atoms with Crippen LogP contribution in [0.3, 0.4) is 0 Å². The van der Waals surface area contributed by atoms with Crippen LogP contribution in [-0.2, 0) is 6.54 Å². The Bertz CT molecular complexity index is 906. The molecule has 112 valence electrons. The van der Waals surface area contributed by atoms with Crippen molar-refractivity contribution in [3.05, 3.63) is 69.2 Å². The molecule has 3 aromatic rings. The number of rotatable bonds is 3. The molecule has 0 bridgehead atoms. The lowest BCUT2D eigenvalue weighted by atomic mass is 10.1. The molecule has 22 heavy (non-hydrogen) atoms. The van der Waals surface area contributed by atoms with Crippen LogP contribution in [0, 0.1) is 13.8 Å². The Hall–Kier alpha value is -2.82. The summed E-state index contributed by atoms with van der Waals surface area (Å²) in [4.78, 5) is 25.9. The third kappa shape index (κ3) is 2.79. The number of carbonyl (C=O) groups excluding carboxylic acids is 1. The molecule has 3 rings (SSSR count). The van der Waals surface area contributed by atoms with E-state index in [9.17, 15) is 9.59 Å². The van der Waals surface area contributed by atoms with Gasteiger partial charge in [0, 0.05) is 12.1 Å². The van der Waals surface area contributed by atoms with E-state index in [1.165, 1.54) is 0 Å². The fourth-order valence-electron chi connectivity index (χ4n) is 2.28. The van der Waals surface area contributed by atoms with Crippen molar-refractivity contribution in [2.24, 2.45) is 0 Å².